The first-order chi connectivity index (χ1) is 16.7. The molecule has 4 rings (SSSR count). The number of allylic oxidation sites excluding steroid dienone is 1. The Kier molecular flexibility index (Phi) is 7.37. The summed E-state index contributed by atoms with van der Waals surface area (Å²) in [5, 5.41) is 0. The minimum atomic E-state index is -0.776. The number of benzene rings is 2. The van der Waals surface area contributed by atoms with Crippen LogP contribution in [0.4, 0.5) is 4.39 Å². The number of aromatic nitrogens is 1. The first kappa shape index (κ1) is 25.1. The van der Waals surface area contributed by atoms with Gasteiger partial charge in [0.05, 0.1) is 39.0 Å². The van der Waals surface area contributed by atoms with E-state index >= 15 is 0 Å². The maximum absolute atomic E-state index is 13.7. The van der Waals surface area contributed by atoms with Crippen LogP contribution in [0.1, 0.15) is 44.9 Å². The first-order valence-corrected chi connectivity index (χ1v) is 12.7. The smallest absolute Gasteiger partial charge is 0.338 e. The van der Waals surface area contributed by atoms with E-state index < -0.39 is 17.8 Å². The van der Waals surface area contributed by atoms with Crippen molar-refractivity contribution in [1.82, 2.24) is 4.57 Å². The van der Waals surface area contributed by atoms with E-state index in [0.717, 1.165) is 10.0 Å². The Morgan fingerprint density at radius 3 is 2.60 bits per heavy atom. The number of halogens is 2. The van der Waals surface area contributed by atoms with Crippen molar-refractivity contribution < 1.29 is 18.7 Å². The second-order valence-electron chi connectivity index (χ2n) is 8.21. The number of thiazole rings is 1. The van der Waals surface area contributed by atoms with Crippen molar-refractivity contribution in [2.75, 3.05) is 6.61 Å². The van der Waals surface area contributed by atoms with Crippen LogP contribution in [0.5, 0.6) is 5.75 Å². The minimum Gasteiger partial charge on any atom is -0.490 e. The lowest BCUT2D eigenvalue weighted by molar-refractivity contribution is -0.139. The highest BCUT2D eigenvalue weighted by Gasteiger charge is 2.33. The molecule has 182 valence electrons. The van der Waals surface area contributed by atoms with Gasteiger partial charge in [-0.25, -0.2) is 14.2 Å². The fourth-order valence-corrected chi connectivity index (χ4v) is 5.40. The molecule has 1 aliphatic rings. The third-order valence-electron chi connectivity index (χ3n) is 5.32. The predicted octanol–water partition coefficient (Wildman–Crippen LogP) is 4.49. The molecule has 0 amide bonds. The first-order valence-electron chi connectivity index (χ1n) is 11.1. The molecule has 2 aromatic carbocycles. The summed E-state index contributed by atoms with van der Waals surface area (Å²) in [6.45, 7) is 7.51. The van der Waals surface area contributed by atoms with Gasteiger partial charge in [-0.3, -0.25) is 9.36 Å². The molecular formula is C26H24BrFN2O4S. The van der Waals surface area contributed by atoms with Crippen molar-refractivity contribution in [2.45, 2.75) is 39.8 Å². The zero-order chi connectivity index (χ0) is 25.3. The van der Waals surface area contributed by atoms with Crippen molar-refractivity contribution in [1.29, 1.82) is 0 Å². The largest absolute Gasteiger partial charge is 0.490 e. The monoisotopic (exact) mass is 558 g/mol. The van der Waals surface area contributed by atoms with Gasteiger partial charge in [-0.15, -0.1) is 0 Å². The van der Waals surface area contributed by atoms with Gasteiger partial charge in [0.1, 0.15) is 11.6 Å². The van der Waals surface area contributed by atoms with Gasteiger partial charge in [-0.05, 0) is 85.1 Å². The van der Waals surface area contributed by atoms with Gasteiger partial charge < -0.3 is 9.47 Å². The van der Waals surface area contributed by atoms with E-state index in [1.54, 1.807) is 32.1 Å². The molecule has 6 nitrogen and oxygen atoms in total. The van der Waals surface area contributed by atoms with E-state index in [-0.39, 0.29) is 23.8 Å². The molecule has 1 aliphatic heterocycles. The number of carbonyl (C=O) groups is 1. The normalized spacial score (nSPS) is 15.7. The third kappa shape index (κ3) is 5.16. The van der Waals surface area contributed by atoms with Gasteiger partial charge in [0.15, 0.2) is 4.80 Å². The highest BCUT2D eigenvalue weighted by atomic mass is 79.9. The molecule has 9 heteroatoms. The Balaban J connectivity index is 1.87. The molecule has 1 aromatic heterocycles. The lowest BCUT2D eigenvalue weighted by atomic mass is 9.96. The summed E-state index contributed by atoms with van der Waals surface area (Å²) >= 11 is 4.76. The fourth-order valence-electron chi connectivity index (χ4n) is 3.86. The maximum Gasteiger partial charge on any atom is 0.338 e. The van der Waals surface area contributed by atoms with Gasteiger partial charge in [0.25, 0.3) is 5.56 Å². The van der Waals surface area contributed by atoms with Crippen LogP contribution in [0.15, 0.2) is 68.0 Å². The molecule has 0 radical (unpaired) electrons. The summed E-state index contributed by atoms with van der Waals surface area (Å²) in [5.74, 6) is -0.248. The molecule has 0 aliphatic carbocycles. The Morgan fingerprint density at radius 1 is 1.26 bits per heavy atom. The van der Waals surface area contributed by atoms with Crippen LogP contribution < -0.4 is 19.6 Å². The zero-order valence-corrected chi connectivity index (χ0v) is 22.1. The lowest BCUT2D eigenvalue weighted by Crippen LogP contribution is -2.39. The van der Waals surface area contributed by atoms with Crippen LogP contribution in [0.2, 0.25) is 0 Å². The van der Waals surface area contributed by atoms with E-state index in [2.05, 4.69) is 20.9 Å². The molecule has 0 N–H and O–H groups in total. The van der Waals surface area contributed by atoms with Gasteiger partial charge in [0.2, 0.25) is 0 Å². The van der Waals surface area contributed by atoms with Gasteiger partial charge >= 0.3 is 5.97 Å². The van der Waals surface area contributed by atoms with Crippen molar-refractivity contribution in [3.8, 4) is 5.75 Å². The van der Waals surface area contributed by atoms with Crippen LogP contribution in [-0.2, 0) is 9.53 Å². The summed E-state index contributed by atoms with van der Waals surface area (Å²) in [4.78, 5) is 31.5. The summed E-state index contributed by atoms with van der Waals surface area (Å²) in [6, 6.07) is 10.6. The molecule has 3 aromatic rings. The molecule has 0 bridgehead atoms. The molecule has 0 spiro atoms. The third-order valence-corrected chi connectivity index (χ3v) is 6.92. The average molecular weight is 559 g/mol. The second kappa shape index (κ2) is 10.3. The van der Waals surface area contributed by atoms with Gasteiger partial charge in [0, 0.05) is 0 Å². The van der Waals surface area contributed by atoms with Crippen LogP contribution in [0, 0.1) is 5.82 Å². The molecule has 1 atom stereocenters. The van der Waals surface area contributed by atoms with E-state index in [9.17, 15) is 14.0 Å². The lowest BCUT2D eigenvalue weighted by Gasteiger charge is -2.24. The molecular weight excluding hydrogens is 535 g/mol. The summed E-state index contributed by atoms with van der Waals surface area (Å²) in [5.41, 5.74) is 1.82. The number of rotatable bonds is 6. The van der Waals surface area contributed by atoms with E-state index in [1.807, 2.05) is 32.0 Å². The Labute approximate surface area is 214 Å². The molecule has 0 fully saturated rings. The Hall–Kier alpha value is -3.04. The van der Waals surface area contributed by atoms with E-state index in [0.29, 0.717) is 26.3 Å². The highest BCUT2D eigenvalue weighted by Crippen LogP contribution is 2.31. The van der Waals surface area contributed by atoms with Crippen molar-refractivity contribution >= 4 is 39.3 Å². The summed E-state index contributed by atoms with van der Waals surface area (Å²) in [7, 11) is 0. The Morgan fingerprint density at radius 2 is 1.97 bits per heavy atom. The fraction of sp³-hybridized carbons (Fsp3) is 0.269. The van der Waals surface area contributed by atoms with Crippen LogP contribution in [0.25, 0.3) is 6.08 Å². The molecule has 0 unspecified atom stereocenters. The van der Waals surface area contributed by atoms with Crippen LogP contribution in [-0.4, -0.2) is 23.2 Å². The standard InChI is InChI=1S/C26H24BrFN2O4S/c1-5-33-25(32)22-15(4)29-26-30(23(22)17-7-9-18(28)10-8-17)24(31)21(35-26)13-16-6-11-20(19(27)12-16)34-14(2)3/h6-14,23H,5H2,1-4H3/b21-13-/t23-/m0/s1. The summed E-state index contributed by atoms with van der Waals surface area (Å²) in [6.07, 6.45) is 1.81. The van der Waals surface area contributed by atoms with E-state index in [4.69, 9.17) is 9.47 Å². The average Bonchev–Trinajstić information content (AvgIpc) is 3.09. The number of fused-ring (bicyclic) bond motifs is 1. The number of nitrogens with zero attached hydrogens (tertiary/aromatic N) is 2. The predicted molar refractivity (Wildman–Crippen MR) is 137 cm³/mol. The molecule has 0 saturated carbocycles. The minimum absolute atomic E-state index is 0.0316. The number of esters is 1. The zero-order valence-electron chi connectivity index (χ0n) is 19.7. The van der Waals surface area contributed by atoms with Crippen molar-refractivity contribution in [2.24, 2.45) is 4.99 Å². The molecule has 35 heavy (non-hydrogen) atoms. The Bertz CT molecular complexity index is 1490. The summed E-state index contributed by atoms with van der Waals surface area (Å²) < 4.78 is 27.4. The van der Waals surface area contributed by atoms with Crippen LogP contribution >= 0.6 is 27.3 Å². The van der Waals surface area contributed by atoms with Crippen molar-refractivity contribution in [3.05, 3.63) is 94.8 Å². The van der Waals surface area contributed by atoms with Gasteiger partial charge in [-0.1, -0.05) is 29.5 Å². The second-order valence-corrected chi connectivity index (χ2v) is 10.1. The highest BCUT2D eigenvalue weighted by molar-refractivity contribution is 9.10. The molecule has 0 saturated heterocycles. The number of hydrogen-bond donors (Lipinski definition) is 0. The quantitative estimate of drug-likeness (QED) is 0.418. The number of carbonyl (C=O) groups excluding carboxylic acids is 1. The maximum atomic E-state index is 13.7. The van der Waals surface area contributed by atoms with E-state index in [1.165, 1.54) is 28.0 Å². The number of ether oxygens (including phenoxy) is 2. The SMILES string of the molecule is CCOC(=O)C1=C(C)N=c2s/c(=C\c3ccc(OC(C)C)c(Br)c3)c(=O)n2[C@H]1c1ccc(F)cc1. The van der Waals surface area contributed by atoms with Gasteiger partial charge in [-0.2, -0.15) is 0 Å². The van der Waals surface area contributed by atoms with Crippen LogP contribution in [0.3, 0.4) is 0 Å². The topological polar surface area (TPSA) is 69.9 Å². The van der Waals surface area contributed by atoms with Crippen molar-refractivity contribution in [3.63, 3.8) is 0 Å². The number of hydrogen-bond acceptors (Lipinski definition) is 6. The molecule has 2 heterocycles.